The van der Waals surface area contributed by atoms with E-state index >= 15 is 0 Å². The molecule has 2 unspecified atom stereocenters. The summed E-state index contributed by atoms with van der Waals surface area (Å²) in [6.45, 7) is 7.63. The minimum atomic E-state index is -0.214. The normalized spacial score (nSPS) is 29.6. The lowest BCUT2D eigenvalue weighted by molar-refractivity contribution is -0.134. The number of nitrogens with zero attached hydrogens (tertiary/aromatic N) is 3. The van der Waals surface area contributed by atoms with Crippen LogP contribution in [0.4, 0.5) is 0 Å². The van der Waals surface area contributed by atoms with Gasteiger partial charge in [-0.1, -0.05) is 0 Å². The van der Waals surface area contributed by atoms with Crippen LogP contribution in [0.15, 0.2) is 0 Å². The number of hydrogen-bond donors (Lipinski definition) is 1. The number of nitriles is 1. The van der Waals surface area contributed by atoms with Gasteiger partial charge in [0, 0.05) is 32.2 Å². The van der Waals surface area contributed by atoms with Gasteiger partial charge in [0.05, 0.1) is 12.1 Å². The van der Waals surface area contributed by atoms with E-state index in [1.807, 2.05) is 0 Å². The van der Waals surface area contributed by atoms with Crippen LogP contribution >= 0.6 is 0 Å². The average Bonchev–Trinajstić information content (AvgIpc) is 2.86. The van der Waals surface area contributed by atoms with Gasteiger partial charge in [-0.05, 0) is 26.7 Å². The van der Waals surface area contributed by atoms with Crippen molar-refractivity contribution in [2.24, 2.45) is 0 Å². The van der Waals surface area contributed by atoms with E-state index in [4.69, 9.17) is 5.26 Å². The molecule has 5 heteroatoms. The Morgan fingerprint density at radius 1 is 1.44 bits per heavy atom. The van der Waals surface area contributed by atoms with E-state index in [0.717, 1.165) is 39.0 Å². The molecule has 100 valence electrons. The van der Waals surface area contributed by atoms with Crippen molar-refractivity contribution in [3.05, 3.63) is 0 Å². The molecule has 0 bridgehead atoms. The predicted octanol–water partition coefficient (Wildman–Crippen LogP) is 0.183. The molecular formula is C13H22N4O. The first kappa shape index (κ1) is 13.3. The van der Waals surface area contributed by atoms with Crippen LogP contribution in [0.3, 0.4) is 0 Å². The second-order valence-electron chi connectivity index (χ2n) is 5.41. The fourth-order valence-corrected chi connectivity index (χ4v) is 2.77. The van der Waals surface area contributed by atoms with E-state index in [-0.39, 0.29) is 18.0 Å². The van der Waals surface area contributed by atoms with Crippen molar-refractivity contribution in [1.29, 1.82) is 5.26 Å². The number of hydrogen-bond acceptors (Lipinski definition) is 4. The number of piperazine rings is 1. The molecular weight excluding hydrogens is 228 g/mol. The molecule has 2 rings (SSSR count). The molecule has 0 aromatic heterocycles. The van der Waals surface area contributed by atoms with Crippen molar-refractivity contribution in [2.75, 3.05) is 26.2 Å². The third-order valence-electron chi connectivity index (χ3n) is 3.92. The Morgan fingerprint density at radius 3 is 2.89 bits per heavy atom. The van der Waals surface area contributed by atoms with E-state index < -0.39 is 0 Å². The van der Waals surface area contributed by atoms with Crippen molar-refractivity contribution in [1.82, 2.24) is 15.1 Å². The number of carbonyl (C=O) groups is 1. The van der Waals surface area contributed by atoms with Gasteiger partial charge in [0.25, 0.3) is 0 Å². The minimum Gasteiger partial charge on any atom is -0.325 e. The van der Waals surface area contributed by atoms with E-state index in [9.17, 15) is 4.79 Å². The van der Waals surface area contributed by atoms with Crippen LogP contribution in [0.5, 0.6) is 0 Å². The molecule has 0 aromatic rings. The summed E-state index contributed by atoms with van der Waals surface area (Å²) in [4.78, 5) is 16.5. The highest BCUT2D eigenvalue weighted by atomic mass is 16.2. The van der Waals surface area contributed by atoms with Crippen LogP contribution in [0.25, 0.3) is 0 Å². The first-order valence-electron chi connectivity index (χ1n) is 6.81. The van der Waals surface area contributed by atoms with Crippen LogP contribution in [0.2, 0.25) is 0 Å². The van der Waals surface area contributed by atoms with Crippen molar-refractivity contribution in [3.63, 3.8) is 0 Å². The number of likely N-dealkylation sites (tertiary alicyclic amines) is 1. The zero-order valence-corrected chi connectivity index (χ0v) is 11.2. The molecule has 0 aliphatic carbocycles. The second-order valence-corrected chi connectivity index (χ2v) is 5.41. The molecule has 0 aromatic carbocycles. The highest BCUT2D eigenvalue weighted by Gasteiger charge is 2.35. The van der Waals surface area contributed by atoms with Gasteiger partial charge in [-0.2, -0.15) is 5.26 Å². The topological polar surface area (TPSA) is 59.4 Å². The molecule has 0 radical (unpaired) electrons. The quantitative estimate of drug-likeness (QED) is 0.759. The van der Waals surface area contributed by atoms with Gasteiger partial charge in [-0.3, -0.25) is 9.69 Å². The Balaban J connectivity index is 1.98. The SMILES string of the molecule is CC(C)N1CCNC(C(=O)N2CCCC2C#N)C1. The first-order valence-corrected chi connectivity index (χ1v) is 6.81. The fraction of sp³-hybridized carbons (Fsp3) is 0.846. The maximum absolute atomic E-state index is 12.4. The first-order chi connectivity index (χ1) is 8.63. The Labute approximate surface area is 109 Å². The van der Waals surface area contributed by atoms with Crippen LogP contribution < -0.4 is 5.32 Å². The van der Waals surface area contributed by atoms with Gasteiger partial charge in [0.15, 0.2) is 0 Å². The molecule has 2 atom stereocenters. The number of rotatable bonds is 2. The largest absolute Gasteiger partial charge is 0.325 e. The van der Waals surface area contributed by atoms with E-state index in [2.05, 4.69) is 30.1 Å². The van der Waals surface area contributed by atoms with Gasteiger partial charge in [0.2, 0.25) is 5.91 Å². The summed E-state index contributed by atoms with van der Waals surface area (Å²) < 4.78 is 0. The molecule has 0 saturated carbocycles. The van der Waals surface area contributed by atoms with Gasteiger partial charge >= 0.3 is 0 Å². The fourth-order valence-electron chi connectivity index (χ4n) is 2.77. The minimum absolute atomic E-state index is 0.101. The number of nitrogens with one attached hydrogen (secondary N) is 1. The summed E-state index contributed by atoms with van der Waals surface area (Å²) in [5.74, 6) is 0.101. The summed E-state index contributed by atoms with van der Waals surface area (Å²) in [5.41, 5.74) is 0. The highest BCUT2D eigenvalue weighted by molar-refractivity contribution is 5.83. The third-order valence-corrected chi connectivity index (χ3v) is 3.92. The lowest BCUT2D eigenvalue weighted by Gasteiger charge is -2.37. The standard InChI is InChI=1S/C13H22N4O/c1-10(2)16-7-5-15-12(9-16)13(18)17-6-3-4-11(17)8-14/h10-12,15H,3-7,9H2,1-2H3. The molecule has 18 heavy (non-hydrogen) atoms. The molecule has 2 fully saturated rings. The zero-order chi connectivity index (χ0) is 13.1. The van der Waals surface area contributed by atoms with Crippen molar-refractivity contribution in [3.8, 4) is 6.07 Å². The Morgan fingerprint density at radius 2 is 2.22 bits per heavy atom. The average molecular weight is 250 g/mol. The lowest BCUT2D eigenvalue weighted by atomic mass is 10.1. The molecule has 2 heterocycles. The molecule has 0 spiro atoms. The van der Waals surface area contributed by atoms with Crippen LogP contribution in [-0.2, 0) is 4.79 Å². The van der Waals surface area contributed by atoms with Crippen molar-refractivity contribution in [2.45, 2.75) is 44.8 Å². The van der Waals surface area contributed by atoms with Crippen LogP contribution in [-0.4, -0.2) is 60.0 Å². The third kappa shape index (κ3) is 2.65. The molecule has 2 saturated heterocycles. The maximum atomic E-state index is 12.4. The van der Waals surface area contributed by atoms with Gasteiger partial charge in [-0.25, -0.2) is 0 Å². The molecule has 5 nitrogen and oxygen atoms in total. The summed E-state index contributed by atoms with van der Waals surface area (Å²) >= 11 is 0. The molecule has 2 aliphatic heterocycles. The zero-order valence-electron chi connectivity index (χ0n) is 11.2. The monoisotopic (exact) mass is 250 g/mol. The maximum Gasteiger partial charge on any atom is 0.242 e. The van der Waals surface area contributed by atoms with Gasteiger partial charge < -0.3 is 10.2 Å². The molecule has 2 aliphatic rings. The van der Waals surface area contributed by atoms with Crippen LogP contribution in [0, 0.1) is 11.3 Å². The van der Waals surface area contributed by atoms with E-state index in [1.165, 1.54) is 0 Å². The van der Waals surface area contributed by atoms with Crippen molar-refractivity contribution < 1.29 is 4.79 Å². The Hall–Kier alpha value is -1.12. The number of amides is 1. The highest BCUT2D eigenvalue weighted by Crippen LogP contribution is 2.18. The van der Waals surface area contributed by atoms with Crippen molar-refractivity contribution >= 4 is 5.91 Å². The van der Waals surface area contributed by atoms with Crippen LogP contribution in [0.1, 0.15) is 26.7 Å². The lowest BCUT2D eigenvalue weighted by Crippen LogP contribution is -2.59. The Bertz CT molecular complexity index is 349. The summed E-state index contributed by atoms with van der Waals surface area (Å²) in [7, 11) is 0. The summed E-state index contributed by atoms with van der Waals surface area (Å²) in [5, 5.41) is 12.3. The Kier molecular flexibility index (Phi) is 4.20. The predicted molar refractivity (Wildman–Crippen MR) is 68.8 cm³/mol. The van der Waals surface area contributed by atoms with E-state index in [1.54, 1.807) is 4.90 Å². The van der Waals surface area contributed by atoms with E-state index in [0.29, 0.717) is 6.04 Å². The molecule has 1 N–H and O–H groups in total. The number of carbonyl (C=O) groups excluding carboxylic acids is 1. The summed E-state index contributed by atoms with van der Waals surface area (Å²) in [6, 6.07) is 2.34. The molecule has 1 amide bonds. The smallest absolute Gasteiger partial charge is 0.242 e. The summed E-state index contributed by atoms with van der Waals surface area (Å²) in [6.07, 6.45) is 1.77. The second kappa shape index (κ2) is 5.68. The van der Waals surface area contributed by atoms with Gasteiger partial charge in [-0.15, -0.1) is 0 Å². The van der Waals surface area contributed by atoms with Gasteiger partial charge in [0.1, 0.15) is 6.04 Å².